The molecule has 0 atom stereocenters. The highest BCUT2D eigenvalue weighted by molar-refractivity contribution is 5.31. The van der Waals surface area contributed by atoms with Crippen LogP contribution in [0.2, 0.25) is 0 Å². The Morgan fingerprint density at radius 2 is 1.39 bits per heavy atom. The van der Waals surface area contributed by atoms with Crippen LogP contribution in [0.5, 0.6) is 0 Å². The first-order valence-corrected chi connectivity index (χ1v) is 12.0. The van der Waals surface area contributed by atoms with Gasteiger partial charge in [-0.1, -0.05) is 57.6 Å². The molecule has 1 aromatic rings. The minimum atomic E-state index is -5.01. The molecule has 0 bridgehead atoms. The summed E-state index contributed by atoms with van der Waals surface area (Å²) < 4.78 is 66.1. The zero-order chi connectivity index (χ0) is 22.4. The standard InChI is InChI=1S/C26H35F5/c1-2-5-18-8-10-19(11-9-18)6-3-4-7-20-12-14-21(15-13-20)22-16-23(27)25(24(28)17-22)26(29,30)31/h4,7,16-21H,2-3,5-6,8-15H2,1H3/b7-4+. The maximum absolute atomic E-state index is 13.9. The van der Waals surface area contributed by atoms with Crippen molar-refractivity contribution in [3.63, 3.8) is 0 Å². The molecule has 0 amide bonds. The molecule has 0 radical (unpaired) electrons. The smallest absolute Gasteiger partial charge is 0.206 e. The molecule has 0 saturated heterocycles. The van der Waals surface area contributed by atoms with Crippen molar-refractivity contribution in [1.82, 2.24) is 0 Å². The van der Waals surface area contributed by atoms with Crippen LogP contribution in [-0.4, -0.2) is 0 Å². The molecule has 0 heterocycles. The third-order valence-electron chi connectivity index (χ3n) is 7.40. The van der Waals surface area contributed by atoms with Gasteiger partial charge in [-0.3, -0.25) is 0 Å². The van der Waals surface area contributed by atoms with E-state index in [4.69, 9.17) is 0 Å². The third-order valence-corrected chi connectivity index (χ3v) is 7.40. The van der Waals surface area contributed by atoms with Gasteiger partial charge in [0.05, 0.1) is 0 Å². The fourth-order valence-electron chi connectivity index (χ4n) is 5.58. The predicted octanol–water partition coefficient (Wildman–Crippen LogP) is 9.20. The van der Waals surface area contributed by atoms with Crippen molar-refractivity contribution in [2.75, 3.05) is 0 Å². The highest BCUT2D eigenvalue weighted by Gasteiger charge is 2.38. The summed E-state index contributed by atoms with van der Waals surface area (Å²) in [4.78, 5) is 0. The van der Waals surface area contributed by atoms with E-state index in [9.17, 15) is 22.0 Å². The first kappa shape index (κ1) is 24.3. The van der Waals surface area contributed by atoms with Crippen LogP contribution in [0.25, 0.3) is 0 Å². The average Bonchev–Trinajstić information content (AvgIpc) is 2.71. The van der Waals surface area contributed by atoms with E-state index in [1.165, 1.54) is 44.9 Å². The Hall–Kier alpha value is -1.39. The lowest BCUT2D eigenvalue weighted by Gasteiger charge is -2.28. The highest BCUT2D eigenvalue weighted by atomic mass is 19.4. The lowest BCUT2D eigenvalue weighted by atomic mass is 9.77. The third kappa shape index (κ3) is 6.79. The lowest BCUT2D eigenvalue weighted by Crippen LogP contribution is -2.15. The van der Waals surface area contributed by atoms with Gasteiger partial charge in [-0.15, -0.1) is 0 Å². The number of benzene rings is 1. The van der Waals surface area contributed by atoms with Crippen molar-refractivity contribution in [3.8, 4) is 0 Å². The Labute approximate surface area is 183 Å². The van der Waals surface area contributed by atoms with Gasteiger partial charge in [-0.2, -0.15) is 13.2 Å². The molecule has 2 aliphatic rings. The molecule has 2 saturated carbocycles. The van der Waals surface area contributed by atoms with E-state index >= 15 is 0 Å². The Kier molecular flexibility index (Phi) is 8.58. The van der Waals surface area contributed by atoms with E-state index in [1.54, 1.807) is 0 Å². The van der Waals surface area contributed by atoms with E-state index < -0.39 is 23.4 Å². The number of halogens is 5. The number of alkyl halides is 3. The summed E-state index contributed by atoms with van der Waals surface area (Å²) >= 11 is 0. The molecule has 174 valence electrons. The highest BCUT2D eigenvalue weighted by Crippen LogP contribution is 2.40. The number of allylic oxidation sites excluding steroid dienone is 2. The minimum absolute atomic E-state index is 0.0748. The number of rotatable bonds is 7. The summed E-state index contributed by atoms with van der Waals surface area (Å²) in [5, 5.41) is 0. The van der Waals surface area contributed by atoms with E-state index in [0.29, 0.717) is 11.5 Å². The van der Waals surface area contributed by atoms with Crippen LogP contribution < -0.4 is 0 Å². The molecule has 3 rings (SSSR count). The Morgan fingerprint density at radius 3 is 1.90 bits per heavy atom. The predicted molar refractivity (Wildman–Crippen MR) is 115 cm³/mol. The van der Waals surface area contributed by atoms with E-state index in [-0.39, 0.29) is 5.92 Å². The molecule has 0 spiro atoms. The zero-order valence-corrected chi connectivity index (χ0v) is 18.5. The van der Waals surface area contributed by atoms with Crippen molar-refractivity contribution >= 4 is 0 Å². The second-order valence-electron chi connectivity index (χ2n) is 9.65. The van der Waals surface area contributed by atoms with Crippen LogP contribution in [-0.2, 0) is 6.18 Å². The number of hydrogen-bond acceptors (Lipinski definition) is 0. The second kappa shape index (κ2) is 11.0. The average molecular weight is 443 g/mol. The molecule has 0 aliphatic heterocycles. The fraction of sp³-hybridized carbons (Fsp3) is 0.692. The molecular weight excluding hydrogens is 407 g/mol. The van der Waals surface area contributed by atoms with Crippen LogP contribution in [0.3, 0.4) is 0 Å². The SMILES string of the molecule is CCCC1CCC(CC/C=C/C2CCC(c3cc(F)c(C(F)(F)F)c(F)c3)CC2)CC1. The molecule has 5 heteroatoms. The van der Waals surface area contributed by atoms with Gasteiger partial charge >= 0.3 is 6.18 Å². The van der Waals surface area contributed by atoms with Crippen molar-refractivity contribution < 1.29 is 22.0 Å². The van der Waals surface area contributed by atoms with Gasteiger partial charge in [-0.05, 0) is 79.9 Å². The molecular formula is C26H35F5. The summed E-state index contributed by atoms with van der Waals surface area (Å²) in [7, 11) is 0. The van der Waals surface area contributed by atoms with Crippen molar-refractivity contribution in [2.24, 2.45) is 17.8 Å². The molecule has 2 fully saturated rings. The molecule has 0 aromatic heterocycles. The first-order chi connectivity index (χ1) is 14.8. The van der Waals surface area contributed by atoms with Crippen molar-refractivity contribution in [1.29, 1.82) is 0 Å². The Morgan fingerprint density at radius 1 is 0.839 bits per heavy atom. The van der Waals surface area contributed by atoms with Gasteiger partial charge in [0, 0.05) is 0 Å². The summed E-state index contributed by atoms with van der Waals surface area (Å²) in [5.41, 5.74) is -1.43. The molecule has 2 aliphatic carbocycles. The minimum Gasteiger partial charge on any atom is -0.206 e. The maximum Gasteiger partial charge on any atom is 0.422 e. The summed E-state index contributed by atoms with van der Waals surface area (Å²) in [5.74, 6) is -0.826. The second-order valence-corrected chi connectivity index (χ2v) is 9.65. The molecule has 0 unspecified atom stereocenters. The van der Waals surface area contributed by atoms with Crippen molar-refractivity contribution in [3.05, 3.63) is 47.0 Å². The molecule has 0 nitrogen and oxygen atoms in total. The Balaban J connectivity index is 1.42. The monoisotopic (exact) mass is 442 g/mol. The van der Waals surface area contributed by atoms with E-state index in [0.717, 1.165) is 56.1 Å². The van der Waals surface area contributed by atoms with Crippen LogP contribution in [0.4, 0.5) is 22.0 Å². The van der Waals surface area contributed by atoms with Gasteiger partial charge < -0.3 is 0 Å². The molecule has 31 heavy (non-hydrogen) atoms. The quantitative estimate of drug-likeness (QED) is 0.292. The summed E-state index contributed by atoms with van der Waals surface area (Å²) in [6.45, 7) is 2.27. The lowest BCUT2D eigenvalue weighted by molar-refractivity contribution is -0.142. The molecule has 0 N–H and O–H groups in total. The van der Waals surface area contributed by atoms with Crippen LogP contribution >= 0.6 is 0 Å². The van der Waals surface area contributed by atoms with Crippen molar-refractivity contribution in [2.45, 2.75) is 96.1 Å². The summed E-state index contributed by atoms with van der Waals surface area (Å²) in [6.07, 6.45) is 13.4. The van der Waals surface area contributed by atoms with Gasteiger partial charge in [0.1, 0.15) is 17.2 Å². The molecule has 1 aromatic carbocycles. The van der Waals surface area contributed by atoms with Gasteiger partial charge in [0.25, 0.3) is 0 Å². The topological polar surface area (TPSA) is 0 Å². The van der Waals surface area contributed by atoms with Crippen LogP contribution in [0, 0.1) is 29.4 Å². The number of hydrogen-bond donors (Lipinski definition) is 0. The van der Waals surface area contributed by atoms with Gasteiger partial charge in [0.15, 0.2) is 0 Å². The maximum atomic E-state index is 13.9. The van der Waals surface area contributed by atoms with E-state index in [1.807, 2.05) is 0 Å². The first-order valence-electron chi connectivity index (χ1n) is 12.0. The normalized spacial score (nSPS) is 27.7. The largest absolute Gasteiger partial charge is 0.422 e. The van der Waals surface area contributed by atoms with Gasteiger partial charge in [-0.25, -0.2) is 8.78 Å². The van der Waals surface area contributed by atoms with Crippen LogP contribution in [0.15, 0.2) is 24.3 Å². The van der Waals surface area contributed by atoms with E-state index in [2.05, 4.69) is 19.1 Å². The van der Waals surface area contributed by atoms with Crippen LogP contribution in [0.1, 0.15) is 101 Å². The fourth-order valence-corrected chi connectivity index (χ4v) is 5.58. The summed E-state index contributed by atoms with van der Waals surface area (Å²) in [6, 6.07) is 1.75. The van der Waals surface area contributed by atoms with Gasteiger partial charge in [0.2, 0.25) is 0 Å². The zero-order valence-electron chi connectivity index (χ0n) is 18.5. The Bertz CT molecular complexity index is 697.